The minimum atomic E-state index is -3.10. The van der Waals surface area contributed by atoms with Crippen molar-refractivity contribution in [2.45, 2.75) is 45.1 Å². The standard InChI is InChI=1S/C18H30F2N4O2/c1-13(2)16(26)22-14-3-6-24(12-18(14,19)20)15(25)9-23-7-4-17(5-8-23)10-21-11-17/h13-14,21H,3-12H2,1-2H3,(H,22,26). The number of hydrogen-bond donors (Lipinski definition) is 2. The van der Waals surface area contributed by atoms with Crippen LogP contribution in [0.4, 0.5) is 8.78 Å². The first-order chi connectivity index (χ1) is 12.2. The highest BCUT2D eigenvalue weighted by atomic mass is 19.3. The predicted octanol–water partition coefficient (Wildman–Crippen LogP) is 0.680. The summed E-state index contributed by atoms with van der Waals surface area (Å²) in [5.41, 5.74) is 0.402. The predicted molar refractivity (Wildman–Crippen MR) is 93.9 cm³/mol. The van der Waals surface area contributed by atoms with Gasteiger partial charge in [-0.1, -0.05) is 13.8 Å². The van der Waals surface area contributed by atoms with Crippen molar-refractivity contribution in [2.75, 3.05) is 45.8 Å². The van der Waals surface area contributed by atoms with Crippen LogP contribution in [-0.4, -0.2) is 79.4 Å². The number of carbonyl (C=O) groups is 2. The van der Waals surface area contributed by atoms with E-state index in [0.717, 1.165) is 39.0 Å². The summed E-state index contributed by atoms with van der Waals surface area (Å²) in [7, 11) is 0. The average Bonchev–Trinajstić information content (AvgIpc) is 2.55. The van der Waals surface area contributed by atoms with Crippen molar-refractivity contribution in [2.24, 2.45) is 11.3 Å². The van der Waals surface area contributed by atoms with E-state index in [9.17, 15) is 18.4 Å². The van der Waals surface area contributed by atoms with Crippen LogP contribution in [0.25, 0.3) is 0 Å². The number of halogens is 2. The normalized spacial score (nSPS) is 28.0. The van der Waals surface area contributed by atoms with Gasteiger partial charge in [0.1, 0.15) is 0 Å². The maximum Gasteiger partial charge on any atom is 0.285 e. The molecule has 148 valence electrons. The first-order valence-corrected chi connectivity index (χ1v) is 9.60. The van der Waals surface area contributed by atoms with Gasteiger partial charge in [0.2, 0.25) is 11.8 Å². The number of carbonyl (C=O) groups excluding carboxylic acids is 2. The maximum absolute atomic E-state index is 14.4. The molecule has 2 N–H and O–H groups in total. The Hall–Kier alpha value is -1.28. The van der Waals surface area contributed by atoms with Gasteiger partial charge in [-0.15, -0.1) is 0 Å². The minimum Gasteiger partial charge on any atom is -0.347 e. The fraction of sp³-hybridized carbons (Fsp3) is 0.889. The summed E-state index contributed by atoms with van der Waals surface area (Å²) in [5, 5.41) is 5.73. The molecule has 0 saturated carbocycles. The van der Waals surface area contributed by atoms with Crippen LogP contribution in [0.2, 0.25) is 0 Å². The number of nitrogens with zero attached hydrogens (tertiary/aromatic N) is 2. The smallest absolute Gasteiger partial charge is 0.285 e. The van der Waals surface area contributed by atoms with Crippen LogP contribution in [0.3, 0.4) is 0 Å². The molecule has 0 radical (unpaired) electrons. The zero-order valence-electron chi connectivity index (χ0n) is 15.7. The van der Waals surface area contributed by atoms with E-state index in [1.165, 1.54) is 4.90 Å². The number of rotatable bonds is 4. The third-order valence-electron chi connectivity index (χ3n) is 6.07. The molecular weight excluding hydrogens is 342 g/mol. The maximum atomic E-state index is 14.4. The monoisotopic (exact) mass is 372 g/mol. The van der Waals surface area contributed by atoms with Crippen LogP contribution in [0.5, 0.6) is 0 Å². The third kappa shape index (κ3) is 4.17. The molecule has 0 aromatic carbocycles. The van der Waals surface area contributed by atoms with Gasteiger partial charge in [-0.25, -0.2) is 8.78 Å². The molecule has 3 fully saturated rings. The number of likely N-dealkylation sites (tertiary alicyclic amines) is 2. The number of alkyl halides is 2. The fourth-order valence-corrected chi connectivity index (χ4v) is 3.98. The van der Waals surface area contributed by atoms with E-state index in [2.05, 4.69) is 15.5 Å². The van der Waals surface area contributed by atoms with Gasteiger partial charge >= 0.3 is 0 Å². The molecule has 2 amide bonds. The molecule has 3 aliphatic heterocycles. The Labute approximate surface area is 153 Å². The van der Waals surface area contributed by atoms with E-state index in [1.807, 2.05) is 0 Å². The minimum absolute atomic E-state index is 0.0893. The summed E-state index contributed by atoms with van der Waals surface area (Å²) in [6.45, 7) is 7.02. The zero-order chi connectivity index (χ0) is 18.9. The van der Waals surface area contributed by atoms with Crippen molar-refractivity contribution < 1.29 is 18.4 Å². The van der Waals surface area contributed by atoms with Crippen molar-refractivity contribution in [1.29, 1.82) is 0 Å². The second kappa shape index (κ2) is 7.38. The van der Waals surface area contributed by atoms with Gasteiger partial charge in [0.25, 0.3) is 5.92 Å². The van der Waals surface area contributed by atoms with Gasteiger partial charge in [-0.3, -0.25) is 14.5 Å². The fourth-order valence-electron chi connectivity index (χ4n) is 3.98. The molecule has 1 spiro atoms. The SMILES string of the molecule is CC(C)C(=O)NC1CCN(C(=O)CN2CCC3(CC2)CNC3)CC1(F)F. The Morgan fingerprint density at radius 1 is 1.19 bits per heavy atom. The number of piperidine rings is 2. The largest absolute Gasteiger partial charge is 0.347 e. The number of hydrogen-bond acceptors (Lipinski definition) is 4. The zero-order valence-corrected chi connectivity index (χ0v) is 15.7. The van der Waals surface area contributed by atoms with Gasteiger partial charge in [0, 0.05) is 25.6 Å². The summed E-state index contributed by atoms with van der Waals surface area (Å²) in [4.78, 5) is 27.5. The summed E-state index contributed by atoms with van der Waals surface area (Å²) in [5.74, 6) is -4.04. The molecule has 3 saturated heterocycles. The molecule has 1 atom stereocenters. The van der Waals surface area contributed by atoms with Crippen LogP contribution in [0, 0.1) is 11.3 Å². The van der Waals surface area contributed by atoms with E-state index in [4.69, 9.17) is 0 Å². The topological polar surface area (TPSA) is 64.7 Å². The highest BCUT2D eigenvalue weighted by Crippen LogP contribution is 2.35. The summed E-state index contributed by atoms with van der Waals surface area (Å²) < 4.78 is 28.8. The lowest BCUT2D eigenvalue weighted by molar-refractivity contribution is -0.149. The highest BCUT2D eigenvalue weighted by molar-refractivity contribution is 5.79. The van der Waals surface area contributed by atoms with Crippen molar-refractivity contribution in [3.63, 3.8) is 0 Å². The number of amides is 2. The summed E-state index contributed by atoms with van der Waals surface area (Å²) >= 11 is 0. The van der Waals surface area contributed by atoms with Crippen molar-refractivity contribution in [3.05, 3.63) is 0 Å². The molecule has 3 heterocycles. The second-order valence-corrected chi connectivity index (χ2v) is 8.46. The molecular formula is C18H30F2N4O2. The average molecular weight is 372 g/mol. The Balaban J connectivity index is 1.48. The van der Waals surface area contributed by atoms with Crippen LogP contribution in [-0.2, 0) is 9.59 Å². The molecule has 1 unspecified atom stereocenters. The molecule has 0 aromatic rings. The lowest BCUT2D eigenvalue weighted by Crippen LogP contribution is -2.61. The molecule has 0 aliphatic carbocycles. The van der Waals surface area contributed by atoms with Gasteiger partial charge in [0.05, 0.1) is 19.1 Å². The molecule has 3 aliphatic rings. The van der Waals surface area contributed by atoms with Gasteiger partial charge in [-0.2, -0.15) is 0 Å². The van der Waals surface area contributed by atoms with E-state index in [1.54, 1.807) is 13.8 Å². The van der Waals surface area contributed by atoms with Crippen molar-refractivity contribution >= 4 is 11.8 Å². The summed E-state index contributed by atoms with van der Waals surface area (Å²) in [6, 6.07) is -1.19. The third-order valence-corrected chi connectivity index (χ3v) is 6.07. The second-order valence-electron chi connectivity index (χ2n) is 8.46. The van der Waals surface area contributed by atoms with Crippen LogP contribution in [0.15, 0.2) is 0 Å². The quantitative estimate of drug-likeness (QED) is 0.762. The summed E-state index contributed by atoms with van der Waals surface area (Å²) in [6.07, 6.45) is 2.21. The molecule has 6 nitrogen and oxygen atoms in total. The van der Waals surface area contributed by atoms with Crippen LogP contribution < -0.4 is 10.6 Å². The van der Waals surface area contributed by atoms with Crippen LogP contribution in [0.1, 0.15) is 33.1 Å². The van der Waals surface area contributed by atoms with E-state index in [0.29, 0.717) is 5.41 Å². The van der Waals surface area contributed by atoms with Crippen LogP contribution >= 0.6 is 0 Å². The molecule has 26 heavy (non-hydrogen) atoms. The number of nitrogens with one attached hydrogen (secondary N) is 2. The van der Waals surface area contributed by atoms with Crippen molar-refractivity contribution in [1.82, 2.24) is 20.4 Å². The lowest BCUT2D eigenvalue weighted by Gasteiger charge is -2.48. The van der Waals surface area contributed by atoms with E-state index < -0.39 is 18.5 Å². The van der Waals surface area contributed by atoms with E-state index >= 15 is 0 Å². The Bertz CT molecular complexity index is 541. The van der Waals surface area contributed by atoms with Gasteiger partial charge in [-0.05, 0) is 37.8 Å². The van der Waals surface area contributed by atoms with Gasteiger partial charge < -0.3 is 15.5 Å². The lowest BCUT2D eigenvalue weighted by atomic mass is 9.73. The Morgan fingerprint density at radius 2 is 1.85 bits per heavy atom. The molecule has 3 rings (SSSR count). The van der Waals surface area contributed by atoms with Gasteiger partial charge in [0.15, 0.2) is 0 Å². The Kier molecular flexibility index (Phi) is 5.53. The Morgan fingerprint density at radius 3 is 2.35 bits per heavy atom. The molecule has 0 bridgehead atoms. The molecule has 8 heteroatoms. The van der Waals surface area contributed by atoms with Crippen molar-refractivity contribution in [3.8, 4) is 0 Å². The first-order valence-electron chi connectivity index (χ1n) is 9.60. The first kappa shape index (κ1) is 19.5. The highest BCUT2D eigenvalue weighted by Gasteiger charge is 2.47. The van der Waals surface area contributed by atoms with E-state index in [-0.39, 0.29) is 37.2 Å². The molecule has 0 aromatic heterocycles.